The third kappa shape index (κ3) is 2.52. The topological polar surface area (TPSA) is 71.5 Å². The van der Waals surface area contributed by atoms with Gasteiger partial charge in [-0.2, -0.15) is 0 Å². The number of amides is 1. The van der Waals surface area contributed by atoms with Crippen LogP contribution in [0.3, 0.4) is 0 Å². The van der Waals surface area contributed by atoms with Crippen molar-refractivity contribution in [3.8, 4) is 0 Å². The molecule has 1 amide bonds. The fourth-order valence-electron chi connectivity index (χ4n) is 1.65. The van der Waals surface area contributed by atoms with Gasteiger partial charge in [0.1, 0.15) is 5.82 Å². The van der Waals surface area contributed by atoms with Gasteiger partial charge in [-0.3, -0.25) is 4.79 Å². The van der Waals surface area contributed by atoms with Crippen LogP contribution in [0.25, 0.3) is 0 Å². The summed E-state index contributed by atoms with van der Waals surface area (Å²) in [5.41, 5.74) is 0.401. The van der Waals surface area contributed by atoms with Gasteiger partial charge in [-0.1, -0.05) is 0 Å². The van der Waals surface area contributed by atoms with Gasteiger partial charge < -0.3 is 15.0 Å². The summed E-state index contributed by atoms with van der Waals surface area (Å²) < 4.78 is 4.58. The lowest BCUT2D eigenvalue weighted by atomic mass is 10.2. The van der Waals surface area contributed by atoms with Gasteiger partial charge in [0.05, 0.1) is 19.2 Å². The molecule has 1 fully saturated rings. The Morgan fingerprint density at radius 3 is 2.94 bits per heavy atom. The van der Waals surface area contributed by atoms with Crippen molar-refractivity contribution in [2.75, 3.05) is 31.6 Å². The molecule has 0 radical (unpaired) electrons. The summed E-state index contributed by atoms with van der Waals surface area (Å²) in [6, 6.07) is 3.35. The average molecular weight is 235 g/mol. The van der Waals surface area contributed by atoms with Gasteiger partial charge in [0.15, 0.2) is 0 Å². The van der Waals surface area contributed by atoms with Gasteiger partial charge in [0, 0.05) is 19.3 Å². The van der Waals surface area contributed by atoms with Crippen LogP contribution in [0.5, 0.6) is 0 Å². The van der Waals surface area contributed by atoms with Gasteiger partial charge in [-0.25, -0.2) is 9.78 Å². The zero-order valence-electron chi connectivity index (χ0n) is 9.47. The molecule has 0 aromatic carbocycles. The molecule has 2 rings (SSSR count). The number of carbonyl (C=O) groups excluding carboxylic acids is 2. The number of ether oxygens (including phenoxy) is 1. The van der Waals surface area contributed by atoms with Crippen molar-refractivity contribution in [1.82, 2.24) is 10.3 Å². The van der Waals surface area contributed by atoms with Crippen molar-refractivity contribution < 1.29 is 14.3 Å². The Balaban J connectivity index is 2.12. The summed E-state index contributed by atoms with van der Waals surface area (Å²) in [6.45, 7) is 1.63. The Kier molecular flexibility index (Phi) is 3.22. The normalized spacial score (nSPS) is 15.4. The SMILES string of the molecule is COC(=O)c1ccc(N2CCNC(=O)C2)nc1. The summed E-state index contributed by atoms with van der Waals surface area (Å²) in [4.78, 5) is 28.4. The maximum Gasteiger partial charge on any atom is 0.339 e. The third-order valence-corrected chi connectivity index (χ3v) is 2.53. The molecule has 6 heteroatoms. The molecule has 17 heavy (non-hydrogen) atoms. The van der Waals surface area contributed by atoms with Gasteiger partial charge in [-0.15, -0.1) is 0 Å². The quantitative estimate of drug-likeness (QED) is 0.719. The summed E-state index contributed by atoms with van der Waals surface area (Å²) in [6.07, 6.45) is 1.45. The highest BCUT2D eigenvalue weighted by Crippen LogP contribution is 2.12. The molecule has 2 heterocycles. The van der Waals surface area contributed by atoms with Crippen LogP contribution >= 0.6 is 0 Å². The second kappa shape index (κ2) is 4.82. The van der Waals surface area contributed by atoms with E-state index in [4.69, 9.17) is 0 Å². The van der Waals surface area contributed by atoms with Crippen molar-refractivity contribution in [1.29, 1.82) is 0 Å². The average Bonchev–Trinajstić information content (AvgIpc) is 2.38. The Labute approximate surface area is 98.6 Å². The molecule has 0 unspecified atom stereocenters. The Morgan fingerprint density at radius 2 is 2.35 bits per heavy atom. The molecular weight excluding hydrogens is 222 g/mol. The van der Waals surface area contributed by atoms with E-state index in [1.165, 1.54) is 13.3 Å². The van der Waals surface area contributed by atoms with E-state index < -0.39 is 5.97 Å². The molecular formula is C11H13N3O3. The summed E-state index contributed by atoms with van der Waals surface area (Å²) >= 11 is 0. The molecule has 6 nitrogen and oxygen atoms in total. The van der Waals surface area contributed by atoms with Crippen LogP contribution in [0.1, 0.15) is 10.4 Å². The molecule has 1 saturated heterocycles. The van der Waals surface area contributed by atoms with Crippen molar-refractivity contribution in [3.05, 3.63) is 23.9 Å². The minimum atomic E-state index is -0.416. The highest BCUT2D eigenvalue weighted by Gasteiger charge is 2.17. The zero-order valence-corrected chi connectivity index (χ0v) is 9.47. The predicted molar refractivity (Wildman–Crippen MR) is 60.8 cm³/mol. The summed E-state index contributed by atoms with van der Waals surface area (Å²) in [5, 5.41) is 2.74. The number of methoxy groups -OCH3 is 1. The van der Waals surface area contributed by atoms with Crippen LogP contribution < -0.4 is 10.2 Å². The van der Waals surface area contributed by atoms with Crippen LogP contribution in [0, 0.1) is 0 Å². The minimum Gasteiger partial charge on any atom is -0.465 e. The van der Waals surface area contributed by atoms with Crippen molar-refractivity contribution in [3.63, 3.8) is 0 Å². The monoisotopic (exact) mass is 235 g/mol. The van der Waals surface area contributed by atoms with E-state index in [2.05, 4.69) is 15.0 Å². The van der Waals surface area contributed by atoms with Gasteiger partial charge in [0.25, 0.3) is 0 Å². The van der Waals surface area contributed by atoms with Crippen LogP contribution in [0.15, 0.2) is 18.3 Å². The third-order valence-electron chi connectivity index (χ3n) is 2.53. The first-order valence-electron chi connectivity index (χ1n) is 5.26. The first kappa shape index (κ1) is 11.4. The predicted octanol–water partition coefficient (Wildman–Crippen LogP) is -0.196. The Bertz CT molecular complexity index is 430. The van der Waals surface area contributed by atoms with E-state index >= 15 is 0 Å². The summed E-state index contributed by atoms with van der Waals surface area (Å²) in [7, 11) is 1.32. The number of hydrogen-bond donors (Lipinski definition) is 1. The van der Waals surface area contributed by atoms with E-state index in [1.807, 2.05) is 4.90 Å². The number of aromatic nitrogens is 1. The number of carbonyl (C=O) groups is 2. The highest BCUT2D eigenvalue weighted by atomic mass is 16.5. The van der Waals surface area contributed by atoms with Crippen LogP contribution in [-0.2, 0) is 9.53 Å². The fraction of sp³-hybridized carbons (Fsp3) is 0.364. The van der Waals surface area contributed by atoms with Crippen LogP contribution in [-0.4, -0.2) is 43.6 Å². The molecule has 1 aromatic heterocycles. The highest BCUT2D eigenvalue weighted by molar-refractivity contribution is 5.89. The maximum atomic E-state index is 11.2. The first-order valence-corrected chi connectivity index (χ1v) is 5.26. The van der Waals surface area contributed by atoms with Gasteiger partial charge in [-0.05, 0) is 12.1 Å². The van der Waals surface area contributed by atoms with E-state index in [-0.39, 0.29) is 5.91 Å². The zero-order chi connectivity index (χ0) is 12.3. The number of nitrogens with one attached hydrogen (secondary N) is 1. The minimum absolute atomic E-state index is 0.0184. The molecule has 90 valence electrons. The van der Waals surface area contributed by atoms with Crippen molar-refractivity contribution in [2.24, 2.45) is 0 Å². The number of anilines is 1. The second-order valence-electron chi connectivity index (χ2n) is 3.67. The van der Waals surface area contributed by atoms with E-state index in [1.54, 1.807) is 12.1 Å². The summed E-state index contributed by atoms with van der Waals surface area (Å²) in [5.74, 6) is 0.253. The van der Waals surface area contributed by atoms with Crippen molar-refractivity contribution >= 4 is 17.7 Å². The molecule has 0 aliphatic carbocycles. The van der Waals surface area contributed by atoms with Crippen molar-refractivity contribution in [2.45, 2.75) is 0 Å². The molecule has 0 spiro atoms. The Morgan fingerprint density at radius 1 is 1.53 bits per heavy atom. The van der Waals surface area contributed by atoms with Gasteiger partial charge in [0.2, 0.25) is 5.91 Å². The molecule has 1 aliphatic heterocycles. The number of nitrogens with zero attached hydrogens (tertiary/aromatic N) is 2. The Hall–Kier alpha value is -2.11. The fourth-order valence-corrected chi connectivity index (χ4v) is 1.65. The second-order valence-corrected chi connectivity index (χ2v) is 3.67. The number of esters is 1. The van der Waals surface area contributed by atoms with E-state index in [9.17, 15) is 9.59 Å². The van der Waals surface area contributed by atoms with Gasteiger partial charge >= 0.3 is 5.97 Å². The smallest absolute Gasteiger partial charge is 0.339 e. The first-order chi connectivity index (χ1) is 8.20. The molecule has 0 saturated carbocycles. The largest absolute Gasteiger partial charge is 0.465 e. The lowest BCUT2D eigenvalue weighted by Crippen LogP contribution is -2.48. The van der Waals surface area contributed by atoms with Crippen LogP contribution in [0.2, 0.25) is 0 Å². The maximum absolute atomic E-state index is 11.2. The number of hydrogen-bond acceptors (Lipinski definition) is 5. The van der Waals surface area contributed by atoms with Crippen LogP contribution in [0.4, 0.5) is 5.82 Å². The molecule has 1 N–H and O–H groups in total. The lowest BCUT2D eigenvalue weighted by Gasteiger charge is -2.27. The number of piperazine rings is 1. The number of pyridine rings is 1. The lowest BCUT2D eigenvalue weighted by molar-refractivity contribution is -0.120. The number of rotatable bonds is 2. The standard InChI is InChI=1S/C11H13N3O3/c1-17-11(16)8-2-3-9(13-6-8)14-5-4-12-10(15)7-14/h2-3,6H,4-5,7H2,1H3,(H,12,15). The molecule has 0 atom stereocenters. The molecule has 0 bridgehead atoms. The van der Waals surface area contributed by atoms with E-state index in [0.717, 1.165) is 6.54 Å². The van der Waals surface area contributed by atoms with E-state index in [0.29, 0.717) is 24.5 Å². The molecule has 1 aliphatic rings. The molecule has 1 aromatic rings.